The average molecular weight is 338 g/mol. The van der Waals surface area contributed by atoms with E-state index >= 15 is 0 Å². The minimum atomic E-state index is 0.486. The van der Waals surface area contributed by atoms with Crippen LogP contribution in [0, 0.1) is 24.2 Å². The molecule has 0 aliphatic heterocycles. The SMILES string of the molecule is Cc1ccc(NCC2CCC(C(C)(C)C)CC2)cc1Br. The summed E-state index contributed by atoms with van der Waals surface area (Å²) in [6.07, 6.45) is 5.55. The summed E-state index contributed by atoms with van der Waals surface area (Å²) in [5.74, 6) is 1.75. The van der Waals surface area contributed by atoms with E-state index in [1.807, 2.05) is 0 Å². The molecule has 0 aromatic heterocycles. The van der Waals surface area contributed by atoms with Crippen molar-refractivity contribution in [1.29, 1.82) is 0 Å². The van der Waals surface area contributed by atoms with Gasteiger partial charge in [0.25, 0.3) is 0 Å². The van der Waals surface area contributed by atoms with Gasteiger partial charge in [0.05, 0.1) is 0 Å². The molecule has 1 saturated carbocycles. The zero-order chi connectivity index (χ0) is 14.8. The summed E-state index contributed by atoms with van der Waals surface area (Å²) in [5, 5.41) is 3.61. The third kappa shape index (κ3) is 4.25. The highest BCUT2D eigenvalue weighted by molar-refractivity contribution is 9.10. The molecule has 0 unspecified atom stereocenters. The van der Waals surface area contributed by atoms with E-state index in [9.17, 15) is 0 Å². The van der Waals surface area contributed by atoms with E-state index in [0.717, 1.165) is 18.4 Å². The molecule has 2 heteroatoms. The van der Waals surface area contributed by atoms with E-state index in [1.165, 1.54) is 41.4 Å². The first kappa shape index (κ1) is 15.9. The summed E-state index contributed by atoms with van der Waals surface area (Å²) in [6, 6.07) is 6.54. The van der Waals surface area contributed by atoms with Gasteiger partial charge in [0, 0.05) is 16.7 Å². The van der Waals surface area contributed by atoms with Crippen molar-refractivity contribution < 1.29 is 0 Å². The van der Waals surface area contributed by atoms with Crippen LogP contribution in [0.2, 0.25) is 0 Å². The van der Waals surface area contributed by atoms with E-state index in [-0.39, 0.29) is 0 Å². The first-order chi connectivity index (χ1) is 9.36. The molecule has 1 N–H and O–H groups in total. The molecule has 0 saturated heterocycles. The molecule has 1 aromatic carbocycles. The Hall–Kier alpha value is -0.500. The molecule has 0 atom stereocenters. The van der Waals surface area contributed by atoms with Crippen LogP contribution in [0.1, 0.15) is 52.0 Å². The lowest BCUT2D eigenvalue weighted by Gasteiger charge is -2.37. The van der Waals surface area contributed by atoms with Crippen molar-refractivity contribution >= 4 is 21.6 Å². The average Bonchev–Trinajstić information content (AvgIpc) is 2.40. The molecule has 0 amide bonds. The Morgan fingerprint density at radius 3 is 2.35 bits per heavy atom. The van der Waals surface area contributed by atoms with Crippen molar-refractivity contribution in [2.24, 2.45) is 17.3 Å². The molecular weight excluding hydrogens is 310 g/mol. The Kier molecular flexibility index (Phi) is 5.17. The number of hydrogen-bond acceptors (Lipinski definition) is 1. The lowest BCUT2D eigenvalue weighted by Crippen LogP contribution is -2.28. The molecule has 1 aromatic rings. The lowest BCUT2D eigenvalue weighted by atomic mass is 9.70. The number of halogens is 1. The van der Waals surface area contributed by atoms with E-state index in [0.29, 0.717) is 5.41 Å². The van der Waals surface area contributed by atoms with Gasteiger partial charge in [-0.25, -0.2) is 0 Å². The highest BCUT2D eigenvalue weighted by Gasteiger charge is 2.29. The minimum Gasteiger partial charge on any atom is -0.385 e. The highest BCUT2D eigenvalue weighted by atomic mass is 79.9. The number of benzene rings is 1. The minimum absolute atomic E-state index is 0.486. The third-order valence-electron chi connectivity index (χ3n) is 4.84. The van der Waals surface area contributed by atoms with Crippen molar-refractivity contribution in [2.75, 3.05) is 11.9 Å². The van der Waals surface area contributed by atoms with Crippen molar-refractivity contribution in [3.05, 3.63) is 28.2 Å². The van der Waals surface area contributed by atoms with E-state index < -0.39 is 0 Å². The van der Waals surface area contributed by atoms with E-state index in [2.05, 4.69) is 67.1 Å². The van der Waals surface area contributed by atoms with E-state index in [4.69, 9.17) is 0 Å². The maximum absolute atomic E-state index is 3.61. The van der Waals surface area contributed by atoms with Crippen molar-refractivity contribution in [3.63, 3.8) is 0 Å². The number of rotatable bonds is 3. The zero-order valence-electron chi connectivity index (χ0n) is 13.3. The van der Waals surface area contributed by atoms with Crippen LogP contribution in [0.15, 0.2) is 22.7 Å². The normalized spacial score (nSPS) is 23.6. The second kappa shape index (κ2) is 6.51. The van der Waals surface area contributed by atoms with Gasteiger partial charge in [-0.05, 0) is 67.6 Å². The molecule has 0 spiro atoms. The van der Waals surface area contributed by atoms with E-state index in [1.54, 1.807) is 0 Å². The van der Waals surface area contributed by atoms with Gasteiger partial charge >= 0.3 is 0 Å². The summed E-state index contributed by atoms with van der Waals surface area (Å²) in [5.41, 5.74) is 3.02. The Bertz CT molecular complexity index is 439. The molecule has 20 heavy (non-hydrogen) atoms. The summed E-state index contributed by atoms with van der Waals surface area (Å²) in [6.45, 7) is 10.4. The summed E-state index contributed by atoms with van der Waals surface area (Å²) >= 11 is 3.60. The Morgan fingerprint density at radius 1 is 1.15 bits per heavy atom. The second-order valence-electron chi connectivity index (χ2n) is 7.43. The van der Waals surface area contributed by atoms with Crippen LogP contribution in [0.5, 0.6) is 0 Å². The van der Waals surface area contributed by atoms with Crippen molar-refractivity contribution in [1.82, 2.24) is 0 Å². The first-order valence-electron chi connectivity index (χ1n) is 7.86. The molecule has 112 valence electrons. The lowest BCUT2D eigenvalue weighted by molar-refractivity contribution is 0.153. The Labute approximate surface area is 132 Å². The maximum atomic E-state index is 3.61. The van der Waals surface area contributed by atoms with Gasteiger partial charge in [-0.2, -0.15) is 0 Å². The molecule has 1 aliphatic rings. The summed E-state index contributed by atoms with van der Waals surface area (Å²) < 4.78 is 1.19. The maximum Gasteiger partial charge on any atom is 0.0351 e. The Morgan fingerprint density at radius 2 is 1.80 bits per heavy atom. The highest BCUT2D eigenvalue weighted by Crippen LogP contribution is 2.39. The van der Waals surface area contributed by atoms with Crippen LogP contribution in [-0.2, 0) is 0 Å². The second-order valence-corrected chi connectivity index (χ2v) is 8.28. The van der Waals surface area contributed by atoms with Gasteiger partial charge < -0.3 is 5.32 Å². The molecule has 0 heterocycles. The summed E-state index contributed by atoms with van der Waals surface area (Å²) in [7, 11) is 0. The predicted octanol–water partition coefficient (Wildman–Crippen LogP) is 6.02. The molecule has 1 fully saturated rings. The Balaban J connectivity index is 1.80. The van der Waals surface area contributed by atoms with Gasteiger partial charge in [0.1, 0.15) is 0 Å². The summed E-state index contributed by atoms with van der Waals surface area (Å²) in [4.78, 5) is 0. The molecular formula is C18H28BrN. The number of hydrogen-bond donors (Lipinski definition) is 1. The predicted molar refractivity (Wildman–Crippen MR) is 92.3 cm³/mol. The molecule has 0 bridgehead atoms. The van der Waals surface area contributed by atoms with Crippen LogP contribution < -0.4 is 5.32 Å². The standard InChI is InChI=1S/C18H28BrN/c1-13-5-10-16(11-17(13)19)20-12-14-6-8-15(9-7-14)18(2,3)4/h5,10-11,14-15,20H,6-9,12H2,1-4H3. The zero-order valence-corrected chi connectivity index (χ0v) is 14.9. The monoisotopic (exact) mass is 337 g/mol. The van der Waals surface area contributed by atoms with Crippen LogP contribution >= 0.6 is 15.9 Å². The van der Waals surface area contributed by atoms with Gasteiger partial charge in [-0.1, -0.05) is 42.8 Å². The largest absolute Gasteiger partial charge is 0.385 e. The number of aryl methyl sites for hydroxylation is 1. The number of anilines is 1. The van der Waals surface area contributed by atoms with Crippen LogP contribution in [0.25, 0.3) is 0 Å². The quantitative estimate of drug-likeness (QED) is 0.710. The first-order valence-corrected chi connectivity index (χ1v) is 8.65. The molecule has 2 rings (SSSR count). The van der Waals surface area contributed by atoms with Gasteiger partial charge in [-0.15, -0.1) is 0 Å². The smallest absolute Gasteiger partial charge is 0.0351 e. The molecule has 1 nitrogen and oxygen atoms in total. The fourth-order valence-corrected chi connectivity index (χ4v) is 3.58. The fraction of sp³-hybridized carbons (Fsp3) is 0.667. The van der Waals surface area contributed by atoms with Gasteiger partial charge in [0.2, 0.25) is 0 Å². The van der Waals surface area contributed by atoms with Crippen LogP contribution in [-0.4, -0.2) is 6.54 Å². The fourth-order valence-electron chi connectivity index (χ4n) is 3.20. The third-order valence-corrected chi connectivity index (χ3v) is 5.69. The van der Waals surface area contributed by atoms with Crippen molar-refractivity contribution in [2.45, 2.75) is 53.4 Å². The van der Waals surface area contributed by atoms with Crippen LogP contribution in [0.4, 0.5) is 5.69 Å². The topological polar surface area (TPSA) is 12.0 Å². The van der Waals surface area contributed by atoms with Gasteiger partial charge in [0.15, 0.2) is 0 Å². The molecule has 0 radical (unpaired) electrons. The van der Waals surface area contributed by atoms with Crippen LogP contribution in [0.3, 0.4) is 0 Å². The van der Waals surface area contributed by atoms with Crippen molar-refractivity contribution in [3.8, 4) is 0 Å². The van der Waals surface area contributed by atoms with Gasteiger partial charge in [-0.3, -0.25) is 0 Å². The molecule has 1 aliphatic carbocycles. The number of nitrogens with one attached hydrogen (secondary N) is 1.